The van der Waals surface area contributed by atoms with E-state index in [2.05, 4.69) is 11.4 Å². The van der Waals surface area contributed by atoms with Crippen LogP contribution in [-0.4, -0.2) is 38.2 Å². The van der Waals surface area contributed by atoms with Crippen molar-refractivity contribution in [2.75, 3.05) is 19.5 Å². The molecule has 0 aliphatic heterocycles. The number of aryl methyl sites for hydroxylation is 1. The first-order chi connectivity index (χ1) is 22.1. The number of nitrogens with one attached hydrogen (secondary N) is 1. The second-order valence-corrected chi connectivity index (χ2v) is 11.7. The molecule has 1 N–H and O–H groups in total. The molecule has 9 nitrogen and oxygen atoms in total. The van der Waals surface area contributed by atoms with E-state index in [0.29, 0.717) is 25.7 Å². The molecule has 1 saturated carbocycles. The van der Waals surface area contributed by atoms with Gasteiger partial charge in [-0.2, -0.15) is 5.26 Å². The number of fused-ring (bicyclic) bond motifs is 1. The smallest absolute Gasteiger partial charge is 0.339 e. The molecule has 4 aromatic rings. The van der Waals surface area contributed by atoms with Crippen molar-refractivity contribution in [2.24, 2.45) is 5.41 Å². The third-order valence-corrected chi connectivity index (χ3v) is 8.56. The summed E-state index contributed by atoms with van der Waals surface area (Å²) in [6.45, 7) is 3.95. The molecule has 1 aliphatic rings. The molecule has 4 aromatic carbocycles. The standard InChI is InChI=1S/C37H36N2O7/c1-23-12-13-29(35(41)44-4)31(18-23)39-34(40)30-20-32(26(21-38)19-33(30)43-3)46-27-14-16-37(2,17-15-27)36(42)45-22-25-10-7-9-24-8-5-6-11-28(24)25/h5-13,18-20,27H,14-17,22H2,1-4H3,(H,39,40)/t27-,37+. The van der Waals surface area contributed by atoms with Gasteiger partial charge in [-0.05, 0) is 79.6 Å². The summed E-state index contributed by atoms with van der Waals surface area (Å²) in [4.78, 5) is 39.0. The SMILES string of the molecule is COC(=O)c1ccc(C)cc1NC(=O)c1cc(O[C@H]2CC[C@@](C)(C(=O)OCc3cccc4ccccc34)CC2)c(C#N)cc1OC. The number of benzene rings is 4. The molecule has 9 heteroatoms. The molecule has 0 spiro atoms. The molecule has 0 aromatic heterocycles. The molecule has 0 atom stereocenters. The monoisotopic (exact) mass is 620 g/mol. The second-order valence-electron chi connectivity index (χ2n) is 11.7. The van der Waals surface area contributed by atoms with Gasteiger partial charge < -0.3 is 24.3 Å². The first-order valence-electron chi connectivity index (χ1n) is 15.1. The van der Waals surface area contributed by atoms with E-state index in [0.717, 1.165) is 21.9 Å². The molecule has 0 bridgehead atoms. The van der Waals surface area contributed by atoms with Crippen molar-refractivity contribution < 1.29 is 33.3 Å². The fourth-order valence-electron chi connectivity index (χ4n) is 5.80. The minimum Gasteiger partial charge on any atom is -0.496 e. The largest absolute Gasteiger partial charge is 0.496 e. The molecule has 0 saturated heterocycles. The maximum absolute atomic E-state index is 13.5. The summed E-state index contributed by atoms with van der Waals surface area (Å²) in [5, 5.41) is 14.8. The fraction of sp³-hybridized carbons (Fsp3) is 0.297. The number of hydrogen-bond donors (Lipinski definition) is 1. The Labute approximate surface area is 268 Å². The topological polar surface area (TPSA) is 124 Å². The van der Waals surface area contributed by atoms with Gasteiger partial charge in [0.25, 0.3) is 5.91 Å². The number of ether oxygens (including phenoxy) is 4. The third-order valence-electron chi connectivity index (χ3n) is 8.56. The number of rotatable bonds is 9. The van der Waals surface area contributed by atoms with Crippen molar-refractivity contribution in [3.8, 4) is 17.6 Å². The molecule has 1 amide bonds. The Balaban J connectivity index is 1.27. The van der Waals surface area contributed by atoms with Gasteiger partial charge in [0.2, 0.25) is 0 Å². The van der Waals surface area contributed by atoms with Crippen LogP contribution in [0.25, 0.3) is 10.8 Å². The second kappa shape index (κ2) is 13.7. The Morgan fingerprint density at radius 3 is 2.39 bits per heavy atom. The molecule has 46 heavy (non-hydrogen) atoms. The zero-order valence-electron chi connectivity index (χ0n) is 26.3. The highest BCUT2D eigenvalue weighted by molar-refractivity contribution is 6.09. The van der Waals surface area contributed by atoms with Gasteiger partial charge in [-0.1, -0.05) is 48.5 Å². The van der Waals surface area contributed by atoms with Gasteiger partial charge in [0.15, 0.2) is 0 Å². The van der Waals surface area contributed by atoms with Crippen LogP contribution in [0.15, 0.2) is 72.8 Å². The molecule has 236 valence electrons. The van der Waals surface area contributed by atoms with Gasteiger partial charge in [0.1, 0.15) is 24.2 Å². The van der Waals surface area contributed by atoms with E-state index in [-0.39, 0.29) is 52.6 Å². The van der Waals surface area contributed by atoms with Crippen molar-refractivity contribution in [1.29, 1.82) is 5.26 Å². The van der Waals surface area contributed by atoms with Crippen molar-refractivity contribution in [3.05, 3.63) is 101 Å². The predicted molar refractivity (Wildman–Crippen MR) is 173 cm³/mol. The van der Waals surface area contributed by atoms with E-state index in [4.69, 9.17) is 18.9 Å². The van der Waals surface area contributed by atoms with Gasteiger partial charge >= 0.3 is 11.9 Å². The van der Waals surface area contributed by atoms with Crippen LogP contribution in [0.5, 0.6) is 11.5 Å². The van der Waals surface area contributed by atoms with Crippen LogP contribution < -0.4 is 14.8 Å². The predicted octanol–water partition coefficient (Wildman–Crippen LogP) is 7.14. The van der Waals surface area contributed by atoms with Crippen LogP contribution in [0.3, 0.4) is 0 Å². The van der Waals surface area contributed by atoms with Crippen LogP contribution in [0.4, 0.5) is 5.69 Å². The van der Waals surface area contributed by atoms with Crippen molar-refractivity contribution in [2.45, 2.75) is 52.2 Å². The number of nitriles is 1. The van der Waals surface area contributed by atoms with Gasteiger partial charge in [0.05, 0.1) is 48.1 Å². The van der Waals surface area contributed by atoms with Crippen molar-refractivity contribution in [3.63, 3.8) is 0 Å². The minimum atomic E-state index is -0.668. The maximum atomic E-state index is 13.5. The quantitative estimate of drug-likeness (QED) is 0.196. The molecule has 0 heterocycles. The molecular formula is C37H36N2O7. The van der Waals surface area contributed by atoms with Gasteiger partial charge in [-0.15, -0.1) is 0 Å². The van der Waals surface area contributed by atoms with Crippen LogP contribution >= 0.6 is 0 Å². The average molecular weight is 621 g/mol. The van der Waals surface area contributed by atoms with E-state index in [1.807, 2.05) is 56.3 Å². The van der Waals surface area contributed by atoms with Crippen molar-refractivity contribution >= 4 is 34.3 Å². The summed E-state index contributed by atoms with van der Waals surface area (Å²) in [5.74, 6) is -0.973. The van der Waals surface area contributed by atoms with Gasteiger partial charge in [-0.3, -0.25) is 9.59 Å². The summed E-state index contributed by atoms with van der Waals surface area (Å²) in [6, 6.07) is 24.0. The molecule has 1 aliphatic carbocycles. The molecule has 5 rings (SSSR count). The van der Waals surface area contributed by atoms with Crippen LogP contribution in [0.2, 0.25) is 0 Å². The number of esters is 2. The van der Waals surface area contributed by atoms with Crippen LogP contribution in [-0.2, 0) is 20.9 Å². The lowest BCUT2D eigenvalue weighted by Crippen LogP contribution is -2.37. The number of methoxy groups -OCH3 is 2. The first-order valence-corrected chi connectivity index (χ1v) is 15.1. The van der Waals surface area contributed by atoms with E-state index >= 15 is 0 Å². The van der Waals surface area contributed by atoms with Crippen molar-refractivity contribution in [1.82, 2.24) is 0 Å². The molecule has 0 unspecified atom stereocenters. The summed E-state index contributed by atoms with van der Waals surface area (Å²) in [5.41, 5.74) is 1.95. The summed E-state index contributed by atoms with van der Waals surface area (Å²) < 4.78 is 22.4. The summed E-state index contributed by atoms with van der Waals surface area (Å²) >= 11 is 0. The van der Waals surface area contributed by atoms with E-state index in [1.165, 1.54) is 26.4 Å². The number of carbonyl (C=O) groups excluding carboxylic acids is 3. The lowest BCUT2D eigenvalue weighted by atomic mass is 9.74. The Hall–Kier alpha value is -5.36. The summed E-state index contributed by atoms with van der Waals surface area (Å²) in [7, 11) is 2.67. The molecular weight excluding hydrogens is 584 g/mol. The van der Waals surface area contributed by atoms with Crippen LogP contribution in [0.1, 0.15) is 70.0 Å². The van der Waals surface area contributed by atoms with Gasteiger partial charge in [-0.25, -0.2) is 4.79 Å². The average Bonchev–Trinajstić information content (AvgIpc) is 3.07. The maximum Gasteiger partial charge on any atom is 0.339 e. The number of anilines is 1. The third kappa shape index (κ3) is 6.81. The molecule has 0 radical (unpaired) electrons. The number of hydrogen-bond acceptors (Lipinski definition) is 8. The Morgan fingerprint density at radius 2 is 1.67 bits per heavy atom. The van der Waals surface area contributed by atoms with Crippen LogP contribution in [0, 0.1) is 23.7 Å². The number of nitrogens with zero attached hydrogens (tertiary/aromatic N) is 1. The number of amides is 1. The first kappa shape index (κ1) is 32.0. The Kier molecular flexibility index (Phi) is 9.57. The zero-order valence-corrected chi connectivity index (χ0v) is 26.3. The number of carbonyl (C=O) groups is 3. The van der Waals surface area contributed by atoms with Gasteiger partial charge in [0, 0.05) is 6.07 Å². The van der Waals surface area contributed by atoms with E-state index < -0.39 is 17.3 Å². The normalized spacial score (nSPS) is 17.4. The lowest BCUT2D eigenvalue weighted by molar-refractivity contribution is -0.159. The Bertz CT molecular complexity index is 1830. The van der Waals surface area contributed by atoms with E-state index in [9.17, 15) is 19.6 Å². The molecule has 1 fully saturated rings. The zero-order chi connectivity index (χ0) is 32.8. The highest BCUT2D eigenvalue weighted by atomic mass is 16.5. The highest BCUT2D eigenvalue weighted by Crippen LogP contribution is 2.40. The minimum absolute atomic E-state index is 0.131. The lowest BCUT2D eigenvalue weighted by Gasteiger charge is -2.35. The fourth-order valence-corrected chi connectivity index (χ4v) is 5.80. The van der Waals surface area contributed by atoms with E-state index in [1.54, 1.807) is 18.2 Å². The summed E-state index contributed by atoms with van der Waals surface area (Å²) in [6.07, 6.45) is 1.93. The highest BCUT2D eigenvalue weighted by Gasteiger charge is 2.40. The Morgan fingerprint density at radius 1 is 0.935 bits per heavy atom.